The van der Waals surface area contributed by atoms with Gasteiger partial charge in [-0.25, -0.2) is 0 Å². The van der Waals surface area contributed by atoms with Gasteiger partial charge >= 0.3 is 0 Å². The van der Waals surface area contributed by atoms with E-state index in [1.807, 2.05) is 6.07 Å². The summed E-state index contributed by atoms with van der Waals surface area (Å²) < 4.78 is 5.07. The van der Waals surface area contributed by atoms with Gasteiger partial charge in [0.2, 0.25) is 0 Å². The van der Waals surface area contributed by atoms with Gasteiger partial charge in [-0.2, -0.15) is 0 Å². The summed E-state index contributed by atoms with van der Waals surface area (Å²) in [5, 5.41) is 13.4. The van der Waals surface area contributed by atoms with Crippen LogP contribution in [0.2, 0.25) is 0 Å². The second kappa shape index (κ2) is 7.55. The number of ether oxygens (including phenoxy) is 1. The maximum absolute atomic E-state index is 9.84. The van der Waals surface area contributed by atoms with Gasteiger partial charge in [0.1, 0.15) is 0 Å². The highest BCUT2D eigenvalue weighted by molar-refractivity contribution is 5.54. The molecule has 1 aromatic rings. The first kappa shape index (κ1) is 16.0. The minimum atomic E-state index is 0.187. The topological polar surface area (TPSA) is 44.7 Å². The summed E-state index contributed by atoms with van der Waals surface area (Å²) in [7, 11) is 1.56. The van der Waals surface area contributed by atoms with Crippen LogP contribution in [-0.4, -0.2) is 42.8 Å². The Morgan fingerprint density at radius 2 is 2.10 bits per heavy atom. The number of piperidine rings is 1. The predicted molar refractivity (Wildman–Crippen MR) is 87.2 cm³/mol. The fraction of sp³-hybridized carbons (Fsp3) is 0.647. The molecule has 1 aromatic carbocycles. The number of phenols is 1. The summed E-state index contributed by atoms with van der Waals surface area (Å²) in [4.78, 5) is 2.56. The van der Waals surface area contributed by atoms with Crippen molar-refractivity contribution >= 4 is 5.69 Å². The first-order valence-corrected chi connectivity index (χ1v) is 8.00. The van der Waals surface area contributed by atoms with Gasteiger partial charge in [-0.15, -0.1) is 0 Å². The molecule has 1 saturated heterocycles. The molecule has 2 rings (SSSR count). The minimum Gasteiger partial charge on any atom is -0.504 e. The van der Waals surface area contributed by atoms with E-state index in [-0.39, 0.29) is 5.75 Å². The normalized spacial score (nSPS) is 18.4. The quantitative estimate of drug-likeness (QED) is 0.844. The number of nitrogens with one attached hydrogen (secondary N) is 1. The van der Waals surface area contributed by atoms with Gasteiger partial charge in [0.15, 0.2) is 11.5 Å². The molecule has 1 heterocycles. The molecular formula is C17H28N2O2. The van der Waals surface area contributed by atoms with Gasteiger partial charge in [0.05, 0.1) is 7.11 Å². The fourth-order valence-corrected chi connectivity index (χ4v) is 3.15. The molecule has 1 aliphatic rings. The first-order chi connectivity index (χ1) is 10.1. The van der Waals surface area contributed by atoms with E-state index >= 15 is 0 Å². The van der Waals surface area contributed by atoms with Crippen molar-refractivity contribution in [2.45, 2.75) is 39.2 Å². The number of anilines is 1. The lowest BCUT2D eigenvalue weighted by molar-refractivity contribution is 0.176. The largest absolute Gasteiger partial charge is 0.504 e. The molecule has 2 N–H and O–H groups in total. The number of hydrogen-bond donors (Lipinski definition) is 2. The van der Waals surface area contributed by atoms with Crippen molar-refractivity contribution in [1.82, 2.24) is 4.90 Å². The van der Waals surface area contributed by atoms with Crippen LogP contribution in [0, 0.1) is 5.92 Å². The van der Waals surface area contributed by atoms with Crippen molar-refractivity contribution in [3.05, 3.63) is 18.2 Å². The van der Waals surface area contributed by atoms with Crippen molar-refractivity contribution in [3.63, 3.8) is 0 Å². The molecule has 1 unspecified atom stereocenters. The molecule has 0 radical (unpaired) electrons. The summed E-state index contributed by atoms with van der Waals surface area (Å²) in [6, 6.07) is 5.92. The van der Waals surface area contributed by atoms with E-state index in [2.05, 4.69) is 24.1 Å². The molecule has 0 aromatic heterocycles. The number of rotatable bonds is 6. The average molecular weight is 292 g/mol. The van der Waals surface area contributed by atoms with E-state index in [0.29, 0.717) is 17.7 Å². The third kappa shape index (κ3) is 4.27. The second-order valence-corrected chi connectivity index (χ2v) is 6.00. The third-order valence-corrected chi connectivity index (χ3v) is 4.45. The van der Waals surface area contributed by atoms with E-state index < -0.39 is 0 Å². The van der Waals surface area contributed by atoms with E-state index in [1.54, 1.807) is 19.2 Å². The predicted octanol–water partition coefficient (Wildman–Crippen LogP) is 3.32. The maximum Gasteiger partial charge on any atom is 0.160 e. The van der Waals surface area contributed by atoms with Crippen molar-refractivity contribution < 1.29 is 9.84 Å². The monoisotopic (exact) mass is 292 g/mol. The van der Waals surface area contributed by atoms with Gasteiger partial charge in [0, 0.05) is 17.8 Å². The third-order valence-electron chi connectivity index (χ3n) is 4.45. The maximum atomic E-state index is 9.84. The summed E-state index contributed by atoms with van der Waals surface area (Å²) in [6.07, 6.45) is 3.73. The van der Waals surface area contributed by atoms with E-state index in [4.69, 9.17) is 4.74 Å². The Balaban J connectivity index is 1.87. The molecule has 4 heteroatoms. The zero-order chi connectivity index (χ0) is 15.2. The van der Waals surface area contributed by atoms with Crippen molar-refractivity contribution in [3.8, 4) is 11.5 Å². The molecule has 21 heavy (non-hydrogen) atoms. The lowest BCUT2D eigenvalue weighted by Crippen LogP contribution is -2.39. The van der Waals surface area contributed by atoms with Crippen LogP contribution in [0.4, 0.5) is 5.69 Å². The summed E-state index contributed by atoms with van der Waals surface area (Å²) in [5.41, 5.74) is 0.955. The smallest absolute Gasteiger partial charge is 0.160 e. The SMILES string of the molecule is CCCN1CCC(C(C)Nc2ccc(OC)c(O)c2)CC1. The molecule has 1 fully saturated rings. The highest BCUT2D eigenvalue weighted by Gasteiger charge is 2.23. The summed E-state index contributed by atoms with van der Waals surface area (Å²) in [5.74, 6) is 1.40. The fourth-order valence-electron chi connectivity index (χ4n) is 3.15. The summed E-state index contributed by atoms with van der Waals surface area (Å²) in [6.45, 7) is 8.12. The highest BCUT2D eigenvalue weighted by Crippen LogP contribution is 2.30. The van der Waals surface area contributed by atoms with Crippen molar-refractivity contribution in [2.24, 2.45) is 5.92 Å². The van der Waals surface area contributed by atoms with Crippen LogP contribution in [0.15, 0.2) is 18.2 Å². The van der Waals surface area contributed by atoms with E-state index in [9.17, 15) is 5.11 Å². The summed E-state index contributed by atoms with van der Waals surface area (Å²) >= 11 is 0. The number of phenolic OH excluding ortho intramolecular Hbond substituents is 1. The molecule has 0 spiro atoms. The number of likely N-dealkylation sites (tertiary alicyclic amines) is 1. The molecule has 4 nitrogen and oxygen atoms in total. The van der Waals surface area contributed by atoms with Gasteiger partial charge in [-0.05, 0) is 63.9 Å². The highest BCUT2D eigenvalue weighted by atomic mass is 16.5. The van der Waals surface area contributed by atoms with E-state index in [1.165, 1.54) is 38.9 Å². The standard InChI is InChI=1S/C17H28N2O2/c1-4-9-19-10-7-14(8-11-19)13(2)18-15-5-6-17(21-3)16(20)12-15/h5-6,12-14,18,20H,4,7-11H2,1-3H3. The molecular weight excluding hydrogens is 264 g/mol. The number of benzene rings is 1. The Kier molecular flexibility index (Phi) is 5.74. The van der Waals surface area contributed by atoms with Crippen LogP contribution < -0.4 is 10.1 Å². The molecule has 0 bridgehead atoms. The van der Waals surface area contributed by atoms with Gasteiger partial charge in [-0.3, -0.25) is 0 Å². The van der Waals surface area contributed by atoms with Gasteiger partial charge in [0.25, 0.3) is 0 Å². The van der Waals surface area contributed by atoms with Crippen LogP contribution in [0.1, 0.15) is 33.1 Å². The van der Waals surface area contributed by atoms with Crippen LogP contribution in [0.5, 0.6) is 11.5 Å². The Hall–Kier alpha value is -1.42. The van der Waals surface area contributed by atoms with Crippen molar-refractivity contribution in [1.29, 1.82) is 0 Å². The molecule has 1 aliphatic heterocycles. The van der Waals surface area contributed by atoms with Crippen LogP contribution >= 0.6 is 0 Å². The number of hydrogen-bond acceptors (Lipinski definition) is 4. The lowest BCUT2D eigenvalue weighted by atomic mass is 9.90. The lowest BCUT2D eigenvalue weighted by Gasteiger charge is -2.35. The Bertz CT molecular complexity index is 442. The Morgan fingerprint density at radius 1 is 1.38 bits per heavy atom. The minimum absolute atomic E-state index is 0.187. The Morgan fingerprint density at radius 3 is 2.67 bits per heavy atom. The van der Waals surface area contributed by atoms with Gasteiger partial charge < -0.3 is 20.1 Å². The first-order valence-electron chi connectivity index (χ1n) is 8.00. The molecule has 0 saturated carbocycles. The number of aromatic hydroxyl groups is 1. The zero-order valence-corrected chi connectivity index (χ0v) is 13.4. The van der Waals surface area contributed by atoms with Crippen molar-refractivity contribution in [2.75, 3.05) is 32.1 Å². The van der Waals surface area contributed by atoms with Crippen LogP contribution in [-0.2, 0) is 0 Å². The van der Waals surface area contributed by atoms with Crippen LogP contribution in [0.25, 0.3) is 0 Å². The van der Waals surface area contributed by atoms with Gasteiger partial charge in [-0.1, -0.05) is 6.92 Å². The number of nitrogens with zero attached hydrogens (tertiary/aromatic N) is 1. The van der Waals surface area contributed by atoms with Crippen LogP contribution in [0.3, 0.4) is 0 Å². The molecule has 1 atom stereocenters. The molecule has 0 amide bonds. The van der Waals surface area contributed by atoms with E-state index in [0.717, 1.165) is 5.69 Å². The average Bonchev–Trinajstić information content (AvgIpc) is 2.48. The zero-order valence-electron chi connectivity index (χ0n) is 13.4. The molecule has 0 aliphatic carbocycles. The number of methoxy groups -OCH3 is 1. The second-order valence-electron chi connectivity index (χ2n) is 6.00. The molecule has 118 valence electrons. The Labute approximate surface area is 128 Å².